The molecule has 0 fully saturated rings. The van der Waals surface area contributed by atoms with Crippen molar-refractivity contribution in [2.45, 2.75) is 12.8 Å². The highest BCUT2D eigenvalue weighted by atomic mass is 16.4. The maximum atomic E-state index is 11.7. The lowest BCUT2D eigenvalue weighted by Gasteiger charge is -2.12. The summed E-state index contributed by atoms with van der Waals surface area (Å²) < 4.78 is 5.06. The molecule has 0 radical (unpaired) electrons. The van der Waals surface area contributed by atoms with Crippen LogP contribution < -0.4 is 5.63 Å². The minimum Gasteiger partial charge on any atom is -0.508 e. The van der Waals surface area contributed by atoms with Crippen molar-refractivity contribution in [3.63, 3.8) is 0 Å². The molecular weight excluding hydrogens is 258 g/mol. The predicted molar refractivity (Wildman–Crippen MR) is 76.0 cm³/mol. The first-order chi connectivity index (χ1) is 9.69. The topological polar surface area (TPSA) is 79.9 Å². The van der Waals surface area contributed by atoms with Crippen molar-refractivity contribution in [1.29, 1.82) is 0 Å². The molecule has 1 heterocycles. The van der Waals surface area contributed by atoms with Gasteiger partial charge in [0.15, 0.2) is 0 Å². The van der Waals surface area contributed by atoms with Gasteiger partial charge in [0.1, 0.15) is 17.0 Å². The van der Waals surface area contributed by atoms with E-state index in [1.54, 1.807) is 0 Å². The van der Waals surface area contributed by atoms with Gasteiger partial charge in [-0.15, -0.1) is 4.91 Å². The van der Waals surface area contributed by atoms with E-state index in [-0.39, 0.29) is 17.0 Å². The average Bonchev–Trinajstić information content (AvgIpc) is 2.46. The van der Waals surface area contributed by atoms with E-state index in [1.807, 2.05) is 18.2 Å². The van der Waals surface area contributed by atoms with Crippen LogP contribution in [0.5, 0.6) is 5.75 Å². The van der Waals surface area contributed by atoms with E-state index in [1.165, 1.54) is 18.2 Å². The van der Waals surface area contributed by atoms with Crippen LogP contribution in [0.25, 0.3) is 16.5 Å². The highest BCUT2D eigenvalue weighted by molar-refractivity contribution is 5.99. The fourth-order valence-electron chi connectivity index (χ4n) is 2.42. The lowest BCUT2D eigenvalue weighted by molar-refractivity contribution is 0.473. The van der Waals surface area contributed by atoms with Crippen molar-refractivity contribution in [2.24, 2.45) is 5.18 Å². The van der Waals surface area contributed by atoms with Crippen molar-refractivity contribution < 1.29 is 9.52 Å². The molecule has 1 N–H and O–H groups in total. The number of hydrogen-bond acceptors (Lipinski definition) is 5. The number of nitroso groups, excluding NO2 is 1. The summed E-state index contributed by atoms with van der Waals surface area (Å²) in [5.41, 5.74) is 1.29. The zero-order chi connectivity index (χ0) is 14.1. The summed E-state index contributed by atoms with van der Waals surface area (Å²) in [7, 11) is 0. The molecule has 1 aromatic heterocycles. The number of rotatable bonds is 2. The van der Waals surface area contributed by atoms with Crippen LogP contribution >= 0.6 is 0 Å². The second-order valence-corrected chi connectivity index (χ2v) is 4.57. The van der Waals surface area contributed by atoms with E-state index in [4.69, 9.17) is 4.42 Å². The molecule has 2 aromatic rings. The second-order valence-electron chi connectivity index (χ2n) is 4.57. The molecule has 0 bridgehead atoms. The smallest absolute Gasteiger partial charge is 0.336 e. The molecule has 100 valence electrons. The molecule has 1 aromatic carbocycles. The van der Waals surface area contributed by atoms with Gasteiger partial charge in [-0.05, 0) is 29.2 Å². The quantitative estimate of drug-likeness (QED) is 0.666. The molecule has 0 saturated heterocycles. The van der Waals surface area contributed by atoms with E-state index in [0.717, 1.165) is 18.4 Å². The first-order valence-corrected chi connectivity index (χ1v) is 6.19. The zero-order valence-electron chi connectivity index (χ0n) is 10.5. The summed E-state index contributed by atoms with van der Waals surface area (Å²) in [6, 6.07) is 3.94. The number of benzene rings is 1. The molecule has 0 spiro atoms. The Morgan fingerprint density at radius 3 is 2.80 bits per heavy atom. The van der Waals surface area contributed by atoms with E-state index >= 15 is 0 Å². The van der Waals surface area contributed by atoms with Crippen LogP contribution in [-0.2, 0) is 0 Å². The van der Waals surface area contributed by atoms with Crippen LogP contribution in [0.3, 0.4) is 0 Å². The minimum absolute atomic E-state index is 0.0641. The third-order valence-electron chi connectivity index (χ3n) is 3.27. The predicted octanol–water partition coefficient (Wildman–Crippen LogP) is 3.63. The minimum atomic E-state index is -0.523. The number of fused-ring (bicyclic) bond motifs is 1. The van der Waals surface area contributed by atoms with Crippen LogP contribution in [0.2, 0.25) is 0 Å². The summed E-state index contributed by atoms with van der Waals surface area (Å²) in [4.78, 5) is 22.6. The van der Waals surface area contributed by atoms with Gasteiger partial charge in [-0.1, -0.05) is 18.2 Å². The highest BCUT2D eigenvalue weighted by Crippen LogP contribution is 2.37. The van der Waals surface area contributed by atoms with E-state index in [2.05, 4.69) is 5.18 Å². The normalized spacial score (nSPS) is 14.3. The standard InChI is InChI=1S/C15H11NO4/c17-10-6-12(16-19)15-11(9-4-2-1-3-5-9)8-14(18)20-13(15)7-10/h1-2,4,6-8,17H,3,5H2. The van der Waals surface area contributed by atoms with Crippen molar-refractivity contribution in [3.05, 3.63) is 57.3 Å². The van der Waals surface area contributed by atoms with Crippen LogP contribution in [0.4, 0.5) is 5.69 Å². The molecule has 0 saturated carbocycles. The van der Waals surface area contributed by atoms with Crippen LogP contribution in [0, 0.1) is 4.91 Å². The molecule has 3 rings (SSSR count). The molecule has 0 amide bonds. The molecule has 1 aliphatic rings. The molecule has 0 unspecified atom stereocenters. The van der Waals surface area contributed by atoms with Gasteiger partial charge in [0, 0.05) is 18.2 Å². The Hall–Kier alpha value is -2.69. The number of aromatic hydroxyl groups is 1. The Labute approximate surface area is 113 Å². The molecule has 5 heteroatoms. The van der Waals surface area contributed by atoms with E-state index < -0.39 is 5.63 Å². The van der Waals surface area contributed by atoms with E-state index in [0.29, 0.717) is 10.9 Å². The first kappa shape index (κ1) is 12.3. The molecule has 1 aliphatic carbocycles. The maximum Gasteiger partial charge on any atom is 0.336 e. The maximum absolute atomic E-state index is 11.7. The number of phenolic OH excluding ortho intramolecular Hbond substituents is 1. The first-order valence-electron chi connectivity index (χ1n) is 6.19. The summed E-state index contributed by atoms with van der Waals surface area (Å²) in [6.07, 6.45) is 7.48. The van der Waals surface area contributed by atoms with Gasteiger partial charge in [-0.2, -0.15) is 0 Å². The fourth-order valence-corrected chi connectivity index (χ4v) is 2.42. The summed E-state index contributed by atoms with van der Waals surface area (Å²) in [5.74, 6) is -0.162. The van der Waals surface area contributed by atoms with E-state index in [9.17, 15) is 14.8 Å². The van der Waals surface area contributed by atoms with Gasteiger partial charge < -0.3 is 9.52 Å². The molecule has 5 nitrogen and oxygen atoms in total. The van der Waals surface area contributed by atoms with Crippen LogP contribution in [-0.4, -0.2) is 5.11 Å². The lowest BCUT2D eigenvalue weighted by atomic mass is 9.94. The van der Waals surface area contributed by atoms with Crippen molar-refractivity contribution in [2.75, 3.05) is 0 Å². The average molecular weight is 269 g/mol. The highest BCUT2D eigenvalue weighted by Gasteiger charge is 2.16. The lowest BCUT2D eigenvalue weighted by Crippen LogP contribution is -2.01. The van der Waals surface area contributed by atoms with Crippen molar-refractivity contribution >= 4 is 22.2 Å². The van der Waals surface area contributed by atoms with Gasteiger partial charge in [-0.3, -0.25) is 0 Å². The number of hydrogen-bond donors (Lipinski definition) is 1. The van der Waals surface area contributed by atoms with Gasteiger partial charge in [0.25, 0.3) is 0 Å². The molecular formula is C15H11NO4. The summed E-state index contributed by atoms with van der Waals surface area (Å²) >= 11 is 0. The Morgan fingerprint density at radius 1 is 1.25 bits per heavy atom. The molecule has 0 aliphatic heterocycles. The number of nitrogens with zero attached hydrogens (tertiary/aromatic N) is 1. The van der Waals surface area contributed by atoms with Crippen LogP contribution in [0.1, 0.15) is 18.4 Å². The molecule has 20 heavy (non-hydrogen) atoms. The summed E-state index contributed by atoms with van der Waals surface area (Å²) in [5, 5.41) is 12.9. The molecule has 0 atom stereocenters. The van der Waals surface area contributed by atoms with Gasteiger partial charge >= 0.3 is 5.63 Å². The fraction of sp³-hybridized carbons (Fsp3) is 0.133. The third kappa shape index (κ3) is 2.03. The summed E-state index contributed by atoms with van der Waals surface area (Å²) in [6.45, 7) is 0. The number of allylic oxidation sites excluding steroid dienone is 4. The Balaban J connectivity index is 2.41. The largest absolute Gasteiger partial charge is 0.508 e. The third-order valence-corrected chi connectivity index (χ3v) is 3.27. The number of phenols is 1. The van der Waals surface area contributed by atoms with Crippen LogP contribution in [0.15, 0.2) is 50.8 Å². The zero-order valence-corrected chi connectivity index (χ0v) is 10.5. The SMILES string of the molecule is O=Nc1cc(O)cc2oc(=O)cc(C3=CC=CCC3)c12. The van der Waals surface area contributed by atoms with Crippen molar-refractivity contribution in [1.82, 2.24) is 0 Å². The van der Waals surface area contributed by atoms with Crippen molar-refractivity contribution in [3.8, 4) is 5.75 Å². The monoisotopic (exact) mass is 269 g/mol. The van der Waals surface area contributed by atoms with Gasteiger partial charge in [0.2, 0.25) is 0 Å². The Kier molecular flexibility index (Phi) is 2.95. The Bertz CT molecular complexity index is 814. The van der Waals surface area contributed by atoms with Gasteiger partial charge in [-0.25, -0.2) is 4.79 Å². The Morgan fingerprint density at radius 2 is 2.10 bits per heavy atom. The second kappa shape index (κ2) is 4.77. The van der Waals surface area contributed by atoms with Gasteiger partial charge in [0.05, 0.1) is 5.39 Å².